The zero-order valence-corrected chi connectivity index (χ0v) is 22.5. The van der Waals surface area contributed by atoms with E-state index in [0.717, 1.165) is 42.8 Å². The minimum atomic E-state index is -0.158. The first-order valence-corrected chi connectivity index (χ1v) is 13.3. The Morgan fingerprint density at radius 3 is 2.47 bits per heavy atom. The van der Waals surface area contributed by atoms with Crippen LogP contribution in [0, 0.1) is 0 Å². The lowest BCUT2D eigenvalue weighted by Crippen LogP contribution is -2.36. The number of carbonyl (C=O) groups is 1. The van der Waals surface area contributed by atoms with Crippen molar-refractivity contribution in [3.8, 4) is 21.0 Å². The first-order valence-electron chi connectivity index (χ1n) is 11.7. The summed E-state index contributed by atoms with van der Waals surface area (Å²) in [4.78, 5) is 21.2. The Morgan fingerprint density at radius 2 is 1.78 bits per heavy atom. The van der Waals surface area contributed by atoms with Gasteiger partial charge in [0.1, 0.15) is 5.01 Å². The largest absolute Gasteiger partial charge is 0.399 e. The van der Waals surface area contributed by atoms with Gasteiger partial charge in [-0.25, -0.2) is 9.78 Å². The molecule has 4 rings (SSSR count). The van der Waals surface area contributed by atoms with Crippen molar-refractivity contribution in [2.75, 3.05) is 17.7 Å². The summed E-state index contributed by atoms with van der Waals surface area (Å²) in [5.41, 5.74) is 10.5. The third kappa shape index (κ3) is 6.66. The van der Waals surface area contributed by atoms with Gasteiger partial charge in [0.2, 0.25) is 0 Å². The van der Waals surface area contributed by atoms with Crippen molar-refractivity contribution in [1.29, 1.82) is 0 Å². The van der Waals surface area contributed by atoms with Crippen molar-refractivity contribution in [3.63, 3.8) is 0 Å². The summed E-state index contributed by atoms with van der Waals surface area (Å²) in [6, 6.07) is 23.6. The van der Waals surface area contributed by atoms with Crippen LogP contribution < -0.4 is 20.7 Å². The lowest BCUT2D eigenvalue weighted by atomic mass is 10.1. The predicted octanol–water partition coefficient (Wildman–Crippen LogP) is 6.80. The van der Waals surface area contributed by atoms with Gasteiger partial charge in [-0.3, -0.25) is 9.62 Å². The summed E-state index contributed by atoms with van der Waals surface area (Å²) in [6.07, 6.45) is 1.91. The Kier molecular flexibility index (Phi) is 7.98. The molecule has 8 heteroatoms. The van der Waals surface area contributed by atoms with E-state index in [1.165, 1.54) is 0 Å². The van der Waals surface area contributed by atoms with Gasteiger partial charge < -0.3 is 11.1 Å². The molecule has 0 atom stereocenters. The highest BCUT2D eigenvalue weighted by molar-refractivity contribution is 7.97. The van der Waals surface area contributed by atoms with Gasteiger partial charge >= 0.3 is 6.03 Å². The molecule has 0 saturated carbocycles. The minimum absolute atomic E-state index is 0.0836. The number of rotatable bonds is 7. The lowest BCUT2D eigenvalue weighted by molar-refractivity contribution is 0.247. The number of hydrogen-bond acceptors (Lipinski definition) is 6. The summed E-state index contributed by atoms with van der Waals surface area (Å²) in [7, 11) is 1.78. The highest BCUT2D eigenvalue weighted by atomic mass is 32.2. The standard InChI is InChI=1S/C28H31N5OS2/c1-28(2,3)32-36-24-16-22(33(4)27(34)31-17-19-8-6-5-7-9-19)14-15-23(24)25-18-30-26(35-25)20-10-12-21(29)13-11-20/h5-16,18,32H,17,29H2,1-4H3,(H,31,34). The molecule has 1 aromatic heterocycles. The number of aromatic nitrogens is 1. The van der Waals surface area contributed by atoms with Gasteiger partial charge in [0, 0.05) is 52.7 Å². The number of benzene rings is 3. The first kappa shape index (κ1) is 25.8. The van der Waals surface area contributed by atoms with Crippen LogP contribution in [0.25, 0.3) is 21.0 Å². The molecular weight excluding hydrogens is 486 g/mol. The highest BCUT2D eigenvalue weighted by Gasteiger charge is 2.18. The van der Waals surface area contributed by atoms with E-state index in [1.54, 1.807) is 35.2 Å². The maximum Gasteiger partial charge on any atom is 0.321 e. The second kappa shape index (κ2) is 11.2. The molecule has 3 aromatic carbocycles. The van der Waals surface area contributed by atoms with Crippen LogP contribution in [0.1, 0.15) is 26.3 Å². The average Bonchev–Trinajstić information content (AvgIpc) is 3.36. The molecular formula is C28H31N5OS2. The molecule has 4 aromatic rings. The number of carbonyl (C=O) groups excluding carboxylic acids is 1. The minimum Gasteiger partial charge on any atom is -0.399 e. The summed E-state index contributed by atoms with van der Waals surface area (Å²) < 4.78 is 3.50. The number of nitrogens with one attached hydrogen (secondary N) is 2. The van der Waals surface area contributed by atoms with Gasteiger partial charge in [-0.1, -0.05) is 36.4 Å². The van der Waals surface area contributed by atoms with Crippen molar-refractivity contribution in [2.45, 2.75) is 37.8 Å². The van der Waals surface area contributed by atoms with E-state index in [1.807, 2.05) is 72.9 Å². The Bertz CT molecular complexity index is 1310. The maximum atomic E-state index is 12.9. The van der Waals surface area contributed by atoms with Crippen molar-refractivity contribution < 1.29 is 4.79 Å². The molecule has 6 nitrogen and oxygen atoms in total. The fourth-order valence-corrected chi connectivity index (χ4v) is 5.29. The maximum absolute atomic E-state index is 12.9. The zero-order valence-electron chi connectivity index (χ0n) is 20.9. The molecule has 0 aliphatic rings. The third-order valence-corrected chi connectivity index (χ3v) is 7.69. The molecule has 0 radical (unpaired) electrons. The van der Waals surface area contributed by atoms with E-state index >= 15 is 0 Å². The average molecular weight is 518 g/mol. The number of anilines is 2. The summed E-state index contributed by atoms with van der Waals surface area (Å²) in [6.45, 7) is 6.85. The van der Waals surface area contributed by atoms with Gasteiger partial charge in [-0.2, -0.15) is 0 Å². The van der Waals surface area contributed by atoms with Crippen LogP contribution >= 0.6 is 23.3 Å². The molecule has 0 spiro atoms. The number of amides is 2. The van der Waals surface area contributed by atoms with Crippen LogP contribution in [0.2, 0.25) is 0 Å². The number of nitrogens with zero attached hydrogens (tertiary/aromatic N) is 2. The zero-order chi connectivity index (χ0) is 25.7. The molecule has 1 heterocycles. The monoisotopic (exact) mass is 517 g/mol. The number of thiazole rings is 1. The van der Waals surface area contributed by atoms with Crippen LogP contribution in [0.4, 0.5) is 16.2 Å². The van der Waals surface area contributed by atoms with E-state index in [-0.39, 0.29) is 11.6 Å². The number of urea groups is 1. The first-order chi connectivity index (χ1) is 17.2. The molecule has 2 amide bonds. The molecule has 4 N–H and O–H groups in total. The Balaban J connectivity index is 1.58. The fraction of sp³-hybridized carbons (Fsp3) is 0.214. The van der Waals surface area contributed by atoms with Crippen LogP contribution in [0.15, 0.2) is 83.9 Å². The lowest BCUT2D eigenvalue weighted by Gasteiger charge is -2.23. The Labute approximate surface area is 221 Å². The molecule has 0 fully saturated rings. The molecule has 0 saturated heterocycles. The molecule has 0 aliphatic carbocycles. The van der Waals surface area contributed by atoms with Gasteiger partial charge in [0.15, 0.2) is 0 Å². The van der Waals surface area contributed by atoms with Crippen LogP contribution in [-0.2, 0) is 6.54 Å². The van der Waals surface area contributed by atoms with E-state index in [9.17, 15) is 4.79 Å². The summed E-state index contributed by atoms with van der Waals surface area (Å²) in [5.74, 6) is 0. The van der Waals surface area contributed by atoms with Crippen molar-refractivity contribution >= 4 is 40.7 Å². The van der Waals surface area contributed by atoms with Gasteiger partial charge in [0.25, 0.3) is 0 Å². The summed E-state index contributed by atoms with van der Waals surface area (Å²) >= 11 is 3.20. The SMILES string of the molecule is CN(C(=O)NCc1ccccc1)c1ccc(-c2cnc(-c3ccc(N)cc3)s2)c(SNC(C)(C)C)c1. The number of nitrogen functional groups attached to an aromatic ring is 1. The van der Waals surface area contributed by atoms with E-state index in [2.05, 4.69) is 41.9 Å². The highest BCUT2D eigenvalue weighted by Crippen LogP contribution is 2.39. The van der Waals surface area contributed by atoms with Gasteiger partial charge in [0.05, 0.1) is 4.88 Å². The molecule has 0 bridgehead atoms. The van der Waals surface area contributed by atoms with Crippen LogP contribution in [0.3, 0.4) is 0 Å². The van der Waals surface area contributed by atoms with E-state index in [4.69, 9.17) is 5.73 Å². The normalized spacial score (nSPS) is 11.3. The fourth-order valence-electron chi connectivity index (χ4n) is 3.38. The van der Waals surface area contributed by atoms with Gasteiger partial charge in [-0.15, -0.1) is 11.3 Å². The Morgan fingerprint density at radius 1 is 1.06 bits per heavy atom. The Hall–Kier alpha value is -3.33. The second-order valence-electron chi connectivity index (χ2n) is 9.49. The van der Waals surface area contributed by atoms with Crippen molar-refractivity contribution in [1.82, 2.24) is 15.0 Å². The van der Waals surface area contributed by atoms with E-state index in [0.29, 0.717) is 6.54 Å². The van der Waals surface area contributed by atoms with Gasteiger partial charge in [-0.05, 0) is 74.7 Å². The predicted molar refractivity (Wildman–Crippen MR) is 153 cm³/mol. The summed E-state index contributed by atoms with van der Waals surface area (Å²) in [5, 5.41) is 3.93. The van der Waals surface area contributed by atoms with Crippen LogP contribution in [0.5, 0.6) is 0 Å². The molecule has 0 unspecified atom stereocenters. The number of nitrogens with two attached hydrogens (primary N) is 1. The van der Waals surface area contributed by atoms with Crippen molar-refractivity contribution in [3.05, 3.63) is 84.6 Å². The van der Waals surface area contributed by atoms with Crippen LogP contribution in [-0.4, -0.2) is 23.6 Å². The van der Waals surface area contributed by atoms with E-state index < -0.39 is 0 Å². The quantitative estimate of drug-likeness (QED) is 0.185. The number of hydrogen-bond donors (Lipinski definition) is 3. The topological polar surface area (TPSA) is 83.3 Å². The molecule has 0 aliphatic heterocycles. The third-order valence-electron chi connectivity index (χ3n) is 5.34. The molecule has 36 heavy (non-hydrogen) atoms. The molecule has 186 valence electrons. The van der Waals surface area contributed by atoms with Crippen molar-refractivity contribution in [2.24, 2.45) is 0 Å². The smallest absolute Gasteiger partial charge is 0.321 e. The second-order valence-corrected chi connectivity index (χ2v) is 11.4.